The molecule has 1 aromatic heterocycles. The van der Waals surface area contributed by atoms with Crippen LogP contribution in [0.25, 0.3) is 0 Å². The number of hydrogen-bond acceptors (Lipinski definition) is 6. The van der Waals surface area contributed by atoms with Crippen molar-refractivity contribution < 1.29 is 9.47 Å². The Morgan fingerprint density at radius 2 is 2.18 bits per heavy atom. The van der Waals surface area contributed by atoms with Crippen LogP contribution in [0.5, 0.6) is 5.19 Å². The molecular weight excluding hydrogens is 238 g/mol. The zero-order chi connectivity index (χ0) is 12.1. The Balaban J connectivity index is 1.62. The van der Waals surface area contributed by atoms with E-state index >= 15 is 0 Å². The maximum absolute atomic E-state index is 5.45. The largest absolute Gasteiger partial charge is 0.466 e. The van der Waals surface area contributed by atoms with Gasteiger partial charge in [0.2, 0.25) is 0 Å². The Morgan fingerprint density at radius 1 is 1.35 bits per heavy atom. The fraction of sp³-hybridized carbons (Fsp3) is 0.818. The van der Waals surface area contributed by atoms with E-state index in [0.717, 1.165) is 11.6 Å². The van der Waals surface area contributed by atoms with Crippen molar-refractivity contribution in [1.29, 1.82) is 0 Å². The van der Waals surface area contributed by atoms with E-state index < -0.39 is 0 Å². The molecule has 1 saturated carbocycles. The molecule has 0 spiro atoms. The molecule has 1 aliphatic carbocycles. The highest BCUT2D eigenvalue weighted by Crippen LogP contribution is 2.21. The Morgan fingerprint density at radius 3 is 2.88 bits per heavy atom. The fourth-order valence-corrected chi connectivity index (χ4v) is 1.96. The topological polar surface area (TPSA) is 56.3 Å². The van der Waals surface area contributed by atoms with E-state index in [0.29, 0.717) is 24.4 Å². The standard InChI is InChI=1S/C11H19N3O2S/c1-8(2)15-5-6-16-11-14-13-10(17-11)7-12-9-3-4-9/h8-9,12H,3-7H2,1-2H3. The third-order valence-electron chi connectivity index (χ3n) is 2.33. The van der Waals surface area contributed by atoms with Crippen molar-refractivity contribution in [2.24, 2.45) is 0 Å². The molecule has 0 radical (unpaired) electrons. The second-order valence-electron chi connectivity index (χ2n) is 4.38. The van der Waals surface area contributed by atoms with Gasteiger partial charge in [0.05, 0.1) is 19.3 Å². The molecule has 6 heteroatoms. The zero-order valence-electron chi connectivity index (χ0n) is 10.3. The predicted octanol–water partition coefficient (Wildman–Crippen LogP) is 1.59. The molecule has 0 aromatic carbocycles. The molecule has 1 heterocycles. The highest BCUT2D eigenvalue weighted by molar-refractivity contribution is 7.13. The van der Waals surface area contributed by atoms with Crippen molar-refractivity contribution in [2.75, 3.05) is 13.2 Å². The number of aromatic nitrogens is 2. The molecule has 1 N–H and O–H groups in total. The summed E-state index contributed by atoms with van der Waals surface area (Å²) in [6, 6.07) is 0.697. The normalized spacial score (nSPS) is 15.5. The molecule has 1 fully saturated rings. The molecule has 2 rings (SSSR count). The minimum Gasteiger partial charge on any atom is -0.466 e. The average Bonchev–Trinajstić information content (AvgIpc) is 3.01. The molecule has 17 heavy (non-hydrogen) atoms. The first-order valence-corrected chi connectivity index (χ1v) is 6.86. The van der Waals surface area contributed by atoms with Crippen LogP contribution in [0.15, 0.2) is 0 Å². The summed E-state index contributed by atoms with van der Waals surface area (Å²) in [7, 11) is 0. The van der Waals surface area contributed by atoms with Crippen LogP contribution >= 0.6 is 11.3 Å². The van der Waals surface area contributed by atoms with E-state index in [4.69, 9.17) is 9.47 Å². The third kappa shape index (κ3) is 4.97. The first-order valence-electron chi connectivity index (χ1n) is 6.04. The molecule has 1 aliphatic rings. The van der Waals surface area contributed by atoms with Crippen LogP contribution in [0.3, 0.4) is 0 Å². The monoisotopic (exact) mass is 257 g/mol. The van der Waals surface area contributed by atoms with Crippen LogP contribution in [0.4, 0.5) is 0 Å². The van der Waals surface area contributed by atoms with Crippen LogP contribution in [-0.4, -0.2) is 35.6 Å². The third-order valence-corrected chi connectivity index (χ3v) is 3.16. The lowest BCUT2D eigenvalue weighted by Gasteiger charge is -2.06. The Labute approximate surface area is 106 Å². The van der Waals surface area contributed by atoms with E-state index in [2.05, 4.69) is 15.5 Å². The lowest BCUT2D eigenvalue weighted by molar-refractivity contribution is 0.0550. The van der Waals surface area contributed by atoms with Gasteiger partial charge in [0.1, 0.15) is 11.6 Å². The molecule has 0 amide bonds. The van der Waals surface area contributed by atoms with Gasteiger partial charge in [-0.05, 0) is 26.7 Å². The number of ether oxygens (including phenoxy) is 2. The SMILES string of the molecule is CC(C)OCCOc1nnc(CNC2CC2)s1. The highest BCUT2D eigenvalue weighted by atomic mass is 32.1. The van der Waals surface area contributed by atoms with Crippen LogP contribution in [0.2, 0.25) is 0 Å². The van der Waals surface area contributed by atoms with Gasteiger partial charge in [0.25, 0.3) is 5.19 Å². The van der Waals surface area contributed by atoms with Gasteiger partial charge >= 0.3 is 0 Å². The molecule has 0 bridgehead atoms. The summed E-state index contributed by atoms with van der Waals surface area (Å²) in [5, 5.41) is 13.1. The quantitative estimate of drug-likeness (QED) is 0.717. The van der Waals surface area contributed by atoms with Crippen LogP contribution in [0, 0.1) is 0 Å². The van der Waals surface area contributed by atoms with Gasteiger partial charge in [0.15, 0.2) is 0 Å². The summed E-state index contributed by atoms with van der Waals surface area (Å²) in [5.74, 6) is 0. The first kappa shape index (κ1) is 12.7. The maximum atomic E-state index is 5.45. The van der Waals surface area contributed by atoms with E-state index in [9.17, 15) is 0 Å². The number of hydrogen-bond donors (Lipinski definition) is 1. The van der Waals surface area contributed by atoms with Crippen LogP contribution < -0.4 is 10.1 Å². The van der Waals surface area contributed by atoms with Crippen molar-refractivity contribution in [3.8, 4) is 5.19 Å². The molecule has 5 nitrogen and oxygen atoms in total. The van der Waals surface area contributed by atoms with Crippen LogP contribution in [-0.2, 0) is 11.3 Å². The minimum atomic E-state index is 0.242. The smallest absolute Gasteiger partial charge is 0.294 e. The van der Waals surface area contributed by atoms with Gasteiger partial charge in [-0.25, -0.2) is 0 Å². The first-order chi connectivity index (χ1) is 8.24. The molecule has 0 aliphatic heterocycles. The summed E-state index contributed by atoms with van der Waals surface area (Å²) >= 11 is 1.50. The van der Waals surface area contributed by atoms with Gasteiger partial charge in [0, 0.05) is 6.04 Å². The average molecular weight is 257 g/mol. The summed E-state index contributed by atoms with van der Waals surface area (Å²) in [6.07, 6.45) is 2.81. The molecule has 0 saturated heterocycles. The molecule has 0 atom stereocenters. The molecule has 0 unspecified atom stereocenters. The fourth-order valence-electron chi connectivity index (χ4n) is 1.30. The Kier molecular flexibility index (Phi) is 4.70. The number of rotatable bonds is 8. The zero-order valence-corrected chi connectivity index (χ0v) is 11.1. The Hall–Kier alpha value is -0.720. The van der Waals surface area contributed by atoms with E-state index in [1.807, 2.05) is 13.8 Å². The molecule has 1 aromatic rings. The van der Waals surface area contributed by atoms with E-state index in [1.165, 1.54) is 24.2 Å². The maximum Gasteiger partial charge on any atom is 0.294 e. The summed E-state index contributed by atoms with van der Waals surface area (Å²) in [4.78, 5) is 0. The number of nitrogens with zero attached hydrogens (tertiary/aromatic N) is 2. The summed E-state index contributed by atoms with van der Waals surface area (Å²) < 4.78 is 10.8. The van der Waals surface area contributed by atoms with Gasteiger partial charge in [-0.1, -0.05) is 11.3 Å². The predicted molar refractivity (Wildman–Crippen MR) is 66.4 cm³/mol. The summed E-state index contributed by atoms with van der Waals surface area (Å²) in [5.41, 5.74) is 0. The van der Waals surface area contributed by atoms with E-state index in [-0.39, 0.29) is 6.10 Å². The van der Waals surface area contributed by atoms with Gasteiger partial charge < -0.3 is 14.8 Å². The second kappa shape index (κ2) is 6.28. The van der Waals surface area contributed by atoms with Gasteiger partial charge in [-0.15, -0.1) is 10.2 Å². The van der Waals surface area contributed by atoms with Crippen molar-refractivity contribution >= 4 is 11.3 Å². The lowest BCUT2D eigenvalue weighted by atomic mass is 10.5. The van der Waals surface area contributed by atoms with Gasteiger partial charge in [-0.3, -0.25) is 0 Å². The van der Waals surface area contributed by atoms with Gasteiger partial charge in [-0.2, -0.15) is 0 Å². The molecular formula is C11H19N3O2S. The van der Waals surface area contributed by atoms with Crippen molar-refractivity contribution in [3.63, 3.8) is 0 Å². The molecule has 96 valence electrons. The second-order valence-corrected chi connectivity index (χ2v) is 5.41. The number of nitrogens with one attached hydrogen (secondary N) is 1. The van der Waals surface area contributed by atoms with Crippen molar-refractivity contribution in [2.45, 2.75) is 45.4 Å². The van der Waals surface area contributed by atoms with E-state index in [1.54, 1.807) is 0 Å². The van der Waals surface area contributed by atoms with Crippen molar-refractivity contribution in [1.82, 2.24) is 15.5 Å². The summed E-state index contributed by atoms with van der Waals surface area (Å²) in [6.45, 7) is 5.93. The Bertz CT molecular complexity index is 339. The van der Waals surface area contributed by atoms with Crippen molar-refractivity contribution in [3.05, 3.63) is 5.01 Å². The minimum absolute atomic E-state index is 0.242. The lowest BCUT2D eigenvalue weighted by Crippen LogP contribution is -2.14. The highest BCUT2D eigenvalue weighted by Gasteiger charge is 2.20. The van der Waals surface area contributed by atoms with Crippen LogP contribution in [0.1, 0.15) is 31.7 Å².